The molecular formula is C50H62N2O18. The number of nitrogens with one attached hydrogen (secondary N) is 2. The van der Waals surface area contributed by atoms with Crippen molar-refractivity contribution in [2.24, 2.45) is 16.7 Å². The number of carboxylic acid groups (broad SMARTS) is 1. The number of ether oxygens (including phenoxy) is 6. The molecule has 6 N–H and O–H groups in total. The number of ketones is 1. The number of esters is 4. The summed E-state index contributed by atoms with van der Waals surface area (Å²) in [6.07, 6.45) is -13.7. The molecule has 4 aliphatic rings. The number of aliphatic carboxylic acids is 1. The Kier molecular flexibility index (Phi) is 15.1. The van der Waals surface area contributed by atoms with E-state index in [1.807, 2.05) is 0 Å². The number of fused-ring (bicyclic) bond motifs is 5. The van der Waals surface area contributed by atoms with Crippen molar-refractivity contribution in [2.45, 2.75) is 154 Å². The number of rotatable bonds is 14. The lowest BCUT2D eigenvalue weighted by molar-refractivity contribution is -0.346. The van der Waals surface area contributed by atoms with E-state index in [0.29, 0.717) is 0 Å². The summed E-state index contributed by atoms with van der Waals surface area (Å²) in [4.78, 5) is 109. The molecule has 0 spiro atoms. The van der Waals surface area contributed by atoms with E-state index in [2.05, 4.69) is 10.6 Å². The number of aliphatic hydroxyl groups excluding tert-OH is 2. The molecule has 0 radical (unpaired) electrons. The standard InChI is InChI=1S/C50H62N2O18/c1-25-31(66-44(62)38(67-43(61)30(51-26(2)53)20-21-34(56)57)36(28-16-12-10-13-17-28)52-45(63)70-46(4,5)6)23-50(64)41(68-42(60)29-18-14-11-15-19-29)39-48(9,40(59)37(58)35(25)47(50,7)8)32(55)22-33-49(39,24-65-33)69-27(3)54/h10-19,30-33,36-39,41,55,58,64H,20-24H2,1-9H3,(H,51,53)(H,52,63)(H,56,57)/t30-,31-,32-,33+,36-,37+,38+,39-,41-,48+,49-,50+/m0/s1. The van der Waals surface area contributed by atoms with Crippen LogP contribution in [0.3, 0.4) is 0 Å². The highest BCUT2D eigenvalue weighted by Crippen LogP contribution is 2.64. The minimum atomic E-state index is -2.51. The zero-order valence-electron chi connectivity index (χ0n) is 40.5. The Balaban J connectivity index is 1.54. The molecule has 20 nitrogen and oxygen atoms in total. The summed E-state index contributed by atoms with van der Waals surface area (Å²) in [6.45, 7) is 12.3. The maximum absolute atomic E-state index is 15.2. The van der Waals surface area contributed by atoms with E-state index in [9.17, 15) is 49.2 Å². The van der Waals surface area contributed by atoms with Crippen LogP contribution in [0.2, 0.25) is 0 Å². The number of benzene rings is 2. The molecule has 0 aromatic heterocycles. The van der Waals surface area contributed by atoms with Gasteiger partial charge < -0.3 is 59.5 Å². The van der Waals surface area contributed by atoms with Gasteiger partial charge in [-0.05, 0) is 69.9 Å². The topological polar surface area (TPSA) is 297 Å². The van der Waals surface area contributed by atoms with Crippen LogP contribution in [-0.2, 0) is 57.2 Å². The third kappa shape index (κ3) is 10.0. The molecule has 20 heteroatoms. The number of hydrogen-bond acceptors (Lipinski definition) is 17. The summed E-state index contributed by atoms with van der Waals surface area (Å²) in [7, 11) is 0. The maximum atomic E-state index is 15.2. The molecule has 3 fully saturated rings. The monoisotopic (exact) mass is 978 g/mol. The number of carbonyl (C=O) groups excluding carboxylic acids is 7. The van der Waals surface area contributed by atoms with Crippen LogP contribution in [0.1, 0.15) is 110 Å². The molecule has 2 saturated carbocycles. The molecule has 2 aromatic carbocycles. The molecule has 1 heterocycles. The molecule has 1 aliphatic heterocycles. The van der Waals surface area contributed by atoms with E-state index in [4.69, 9.17) is 28.4 Å². The lowest BCUT2D eigenvalue weighted by Gasteiger charge is -2.67. The Hall–Kier alpha value is -6.22. The lowest BCUT2D eigenvalue weighted by atomic mass is 9.44. The van der Waals surface area contributed by atoms with Crippen LogP contribution in [0.4, 0.5) is 4.79 Å². The second-order valence-corrected chi connectivity index (χ2v) is 20.2. The Morgan fingerprint density at radius 1 is 0.886 bits per heavy atom. The first-order valence-corrected chi connectivity index (χ1v) is 22.9. The maximum Gasteiger partial charge on any atom is 0.408 e. The Morgan fingerprint density at radius 3 is 2.04 bits per heavy atom. The van der Waals surface area contributed by atoms with Gasteiger partial charge in [-0.3, -0.25) is 19.2 Å². The first-order chi connectivity index (χ1) is 32.6. The van der Waals surface area contributed by atoms with Crippen molar-refractivity contribution in [3.05, 3.63) is 82.9 Å². The molecular weight excluding hydrogens is 917 g/mol. The molecule has 70 heavy (non-hydrogen) atoms. The summed E-state index contributed by atoms with van der Waals surface area (Å²) < 4.78 is 35.8. The highest BCUT2D eigenvalue weighted by molar-refractivity contribution is 5.94. The largest absolute Gasteiger partial charge is 0.481 e. The smallest absolute Gasteiger partial charge is 0.408 e. The normalized spacial score (nSPS) is 30.1. The van der Waals surface area contributed by atoms with Gasteiger partial charge in [-0.1, -0.05) is 62.4 Å². The van der Waals surface area contributed by atoms with Crippen LogP contribution in [-0.4, -0.2) is 134 Å². The summed E-state index contributed by atoms with van der Waals surface area (Å²) in [5.41, 5.74) is -9.26. The van der Waals surface area contributed by atoms with Crippen LogP contribution in [0, 0.1) is 16.7 Å². The van der Waals surface area contributed by atoms with Gasteiger partial charge in [0.05, 0.1) is 29.6 Å². The first kappa shape index (κ1) is 53.1. The second-order valence-electron chi connectivity index (χ2n) is 20.2. The zero-order valence-corrected chi connectivity index (χ0v) is 40.5. The highest BCUT2D eigenvalue weighted by Gasteiger charge is 2.78. The molecule has 12 atom stereocenters. The number of amides is 2. The number of carboxylic acids is 1. The fraction of sp³-hybridized carbons (Fsp3) is 0.560. The number of aliphatic hydroxyl groups is 3. The van der Waals surface area contributed by atoms with E-state index in [0.717, 1.165) is 13.8 Å². The predicted octanol–water partition coefficient (Wildman–Crippen LogP) is 3.18. The fourth-order valence-corrected chi connectivity index (χ4v) is 10.6. The number of alkyl carbamates (subject to hydrolysis) is 1. The van der Waals surface area contributed by atoms with Gasteiger partial charge in [-0.2, -0.15) is 0 Å². The van der Waals surface area contributed by atoms with Crippen LogP contribution in [0.25, 0.3) is 0 Å². The summed E-state index contributed by atoms with van der Waals surface area (Å²) in [5, 5.41) is 52.5. The van der Waals surface area contributed by atoms with E-state index >= 15 is 9.59 Å². The van der Waals surface area contributed by atoms with E-state index in [1.54, 1.807) is 57.2 Å². The van der Waals surface area contributed by atoms with E-state index < -0.39 is 149 Å². The first-order valence-electron chi connectivity index (χ1n) is 22.9. The Labute approximate surface area is 404 Å². The number of carbonyl (C=O) groups is 8. The van der Waals surface area contributed by atoms with Crippen LogP contribution in [0.5, 0.6) is 0 Å². The molecule has 1 saturated heterocycles. The van der Waals surface area contributed by atoms with Gasteiger partial charge in [0.25, 0.3) is 0 Å². The van der Waals surface area contributed by atoms with Crippen LogP contribution >= 0.6 is 0 Å². The second kappa shape index (κ2) is 19.9. The van der Waals surface area contributed by atoms with Gasteiger partial charge in [-0.25, -0.2) is 19.2 Å². The molecule has 380 valence electrons. The molecule has 2 aromatic rings. The third-order valence-corrected chi connectivity index (χ3v) is 14.1. The molecule has 2 bridgehead atoms. The number of hydrogen-bond donors (Lipinski definition) is 6. The van der Waals surface area contributed by atoms with Gasteiger partial charge in [0.15, 0.2) is 11.4 Å². The van der Waals surface area contributed by atoms with E-state index in [-0.39, 0.29) is 35.3 Å². The van der Waals surface area contributed by atoms with Crippen molar-refractivity contribution in [3.63, 3.8) is 0 Å². The SMILES string of the molecule is CC(=O)N[C@@H](CCC(=O)O)C(=O)O[C@@H](C(=O)O[C@H]1C[C@@]2(O)[C@@H](OC(=O)c3ccccc3)[C@@H]3[C@]4(OC(C)=O)CO[C@@H]4C[C@H](O)[C@@]3(C)C(=O)[C@H](O)C(=C1C)C2(C)C)[C@@H](NC(=O)OC(C)(C)C)c1ccccc1. The van der Waals surface area contributed by atoms with Crippen molar-refractivity contribution >= 4 is 47.6 Å². The predicted molar refractivity (Wildman–Crippen MR) is 242 cm³/mol. The average Bonchev–Trinajstić information content (AvgIpc) is 3.27. The van der Waals surface area contributed by atoms with Crippen molar-refractivity contribution in [1.29, 1.82) is 0 Å². The van der Waals surface area contributed by atoms with E-state index in [1.165, 1.54) is 52.0 Å². The fourth-order valence-electron chi connectivity index (χ4n) is 10.6. The van der Waals surface area contributed by atoms with Crippen molar-refractivity contribution < 1.29 is 87.2 Å². The highest BCUT2D eigenvalue weighted by atomic mass is 16.6. The van der Waals surface area contributed by atoms with Gasteiger partial charge in [-0.15, -0.1) is 0 Å². The van der Waals surface area contributed by atoms with Crippen LogP contribution in [0.15, 0.2) is 71.8 Å². The van der Waals surface area contributed by atoms with Gasteiger partial charge in [0, 0.05) is 38.5 Å². The zero-order chi connectivity index (χ0) is 51.9. The quantitative estimate of drug-likeness (QED) is 0.0900. The molecule has 3 aliphatic carbocycles. The van der Waals surface area contributed by atoms with Crippen molar-refractivity contribution in [3.8, 4) is 0 Å². The molecule has 0 unspecified atom stereocenters. The van der Waals surface area contributed by atoms with Crippen molar-refractivity contribution in [1.82, 2.24) is 10.6 Å². The third-order valence-electron chi connectivity index (χ3n) is 14.1. The lowest BCUT2D eigenvalue weighted by Crippen LogP contribution is -2.81. The van der Waals surface area contributed by atoms with Gasteiger partial charge in [0.2, 0.25) is 12.0 Å². The van der Waals surface area contributed by atoms with Crippen LogP contribution < -0.4 is 10.6 Å². The average molecular weight is 979 g/mol. The Bertz CT molecular complexity index is 2420. The van der Waals surface area contributed by atoms with Crippen molar-refractivity contribution in [2.75, 3.05) is 6.61 Å². The summed E-state index contributed by atoms with van der Waals surface area (Å²) in [5.74, 6) is -9.21. The van der Waals surface area contributed by atoms with Gasteiger partial charge in [0.1, 0.15) is 47.7 Å². The Morgan fingerprint density at radius 2 is 1.50 bits per heavy atom. The summed E-state index contributed by atoms with van der Waals surface area (Å²) in [6, 6.07) is 12.1. The number of Topliss-reactive ketones (excluding diaryl/α,β-unsaturated/α-hetero) is 1. The van der Waals surface area contributed by atoms with Gasteiger partial charge >= 0.3 is 35.9 Å². The summed E-state index contributed by atoms with van der Waals surface area (Å²) >= 11 is 0. The molecule has 6 rings (SSSR count). The molecule has 2 amide bonds. The minimum Gasteiger partial charge on any atom is -0.481 e. The minimum absolute atomic E-state index is 0.0130.